The smallest absolute Gasteiger partial charge is 0.337 e. The van der Waals surface area contributed by atoms with Crippen LogP contribution in [0.1, 0.15) is 23.7 Å². The molecule has 2 N–H and O–H groups in total. The second-order valence-corrected chi connectivity index (χ2v) is 3.53. The molecule has 0 aliphatic heterocycles. The van der Waals surface area contributed by atoms with E-state index in [0.29, 0.717) is 0 Å². The molecule has 1 amide bonds. The second kappa shape index (κ2) is 6.48. The van der Waals surface area contributed by atoms with Gasteiger partial charge in [0.1, 0.15) is 12.2 Å². The SMILES string of the molecule is CCOC(=O)CC(=O)Nc1ccc(F)cc1C(=O)O. The van der Waals surface area contributed by atoms with Crippen molar-refractivity contribution >= 4 is 23.5 Å². The third-order valence-corrected chi connectivity index (χ3v) is 2.10. The van der Waals surface area contributed by atoms with Crippen LogP contribution in [-0.4, -0.2) is 29.6 Å². The number of carbonyl (C=O) groups is 3. The van der Waals surface area contributed by atoms with E-state index < -0.39 is 35.6 Å². The maximum Gasteiger partial charge on any atom is 0.337 e. The van der Waals surface area contributed by atoms with Crippen molar-refractivity contribution in [2.45, 2.75) is 13.3 Å². The zero-order chi connectivity index (χ0) is 14.4. The van der Waals surface area contributed by atoms with Crippen molar-refractivity contribution in [3.8, 4) is 0 Å². The van der Waals surface area contributed by atoms with Gasteiger partial charge in [0.15, 0.2) is 0 Å². The van der Waals surface area contributed by atoms with E-state index in [0.717, 1.165) is 18.2 Å². The molecule has 0 bridgehead atoms. The number of anilines is 1. The number of carbonyl (C=O) groups excluding carboxylic acids is 2. The van der Waals surface area contributed by atoms with Crippen molar-refractivity contribution in [1.82, 2.24) is 0 Å². The van der Waals surface area contributed by atoms with Crippen LogP contribution in [0.5, 0.6) is 0 Å². The van der Waals surface area contributed by atoms with E-state index in [9.17, 15) is 18.8 Å². The van der Waals surface area contributed by atoms with E-state index >= 15 is 0 Å². The molecule has 0 aliphatic rings. The number of aromatic carboxylic acids is 1. The summed E-state index contributed by atoms with van der Waals surface area (Å²) in [4.78, 5) is 33.4. The lowest BCUT2D eigenvalue weighted by Crippen LogP contribution is -2.19. The van der Waals surface area contributed by atoms with Crippen LogP contribution in [0.4, 0.5) is 10.1 Å². The molecule has 19 heavy (non-hydrogen) atoms. The van der Waals surface area contributed by atoms with Gasteiger partial charge in [0.2, 0.25) is 5.91 Å². The standard InChI is InChI=1S/C12H12FNO5/c1-2-19-11(16)6-10(15)14-9-4-3-7(13)5-8(9)12(17)18/h3-5H,2,6H2,1H3,(H,14,15)(H,17,18). The normalized spacial score (nSPS) is 9.79. The van der Waals surface area contributed by atoms with Gasteiger partial charge in [0, 0.05) is 0 Å². The molecule has 0 radical (unpaired) electrons. The minimum Gasteiger partial charge on any atom is -0.478 e. The van der Waals surface area contributed by atoms with E-state index in [1.54, 1.807) is 6.92 Å². The van der Waals surface area contributed by atoms with Crippen LogP contribution < -0.4 is 5.32 Å². The fourth-order valence-corrected chi connectivity index (χ4v) is 1.34. The van der Waals surface area contributed by atoms with Gasteiger partial charge < -0.3 is 15.2 Å². The van der Waals surface area contributed by atoms with Gasteiger partial charge in [-0.3, -0.25) is 9.59 Å². The van der Waals surface area contributed by atoms with E-state index in [2.05, 4.69) is 10.1 Å². The summed E-state index contributed by atoms with van der Waals surface area (Å²) < 4.78 is 17.5. The van der Waals surface area contributed by atoms with Crippen molar-refractivity contribution in [3.05, 3.63) is 29.6 Å². The Balaban J connectivity index is 2.79. The van der Waals surface area contributed by atoms with Crippen LogP contribution in [-0.2, 0) is 14.3 Å². The van der Waals surface area contributed by atoms with Crippen molar-refractivity contribution in [2.24, 2.45) is 0 Å². The van der Waals surface area contributed by atoms with Crippen molar-refractivity contribution in [1.29, 1.82) is 0 Å². The Morgan fingerprint density at radius 2 is 2.05 bits per heavy atom. The zero-order valence-electron chi connectivity index (χ0n) is 10.1. The molecule has 1 aromatic rings. The molecule has 0 spiro atoms. The summed E-state index contributed by atoms with van der Waals surface area (Å²) in [7, 11) is 0. The monoisotopic (exact) mass is 269 g/mol. The summed E-state index contributed by atoms with van der Waals surface area (Å²) in [5.74, 6) is -3.57. The Kier molecular flexibility index (Phi) is 4.99. The summed E-state index contributed by atoms with van der Waals surface area (Å²) >= 11 is 0. The summed E-state index contributed by atoms with van der Waals surface area (Å²) in [5.41, 5.74) is -0.472. The molecular weight excluding hydrogens is 257 g/mol. The molecule has 0 unspecified atom stereocenters. The molecular formula is C12H12FNO5. The summed E-state index contributed by atoms with van der Waals surface area (Å²) in [5, 5.41) is 11.1. The van der Waals surface area contributed by atoms with Gasteiger partial charge in [-0.15, -0.1) is 0 Å². The van der Waals surface area contributed by atoms with Gasteiger partial charge in [-0.25, -0.2) is 9.18 Å². The highest BCUT2D eigenvalue weighted by atomic mass is 19.1. The molecule has 0 aromatic heterocycles. The number of benzene rings is 1. The molecule has 0 fully saturated rings. The second-order valence-electron chi connectivity index (χ2n) is 3.53. The van der Waals surface area contributed by atoms with E-state index in [-0.39, 0.29) is 12.3 Å². The molecule has 0 aliphatic carbocycles. The number of hydrogen-bond acceptors (Lipinski definition) is 4. The first-order valence-electron chi connectivity index (χ1n) is 5.42. The molecule has 7 heteroatoms. The summed E-state index contributed by atoms with van der Waals surface area (Å²) in [6, 6.07) is 2.90. The Morgan fingerprint density at radius 3 is 2.63 bits per heavy atom. The number of esters is 1. The van der Waals surface area contributed by atoms with Crippen LogP contribution in [0.15, 0.2) is 18.2 Å². The number of hydrogen-bond donors (Lipinski definition) is 2. The maximum absolute atomic E-state index is 12.9. The van der Waals surface area contributed by atoms with E-state index in [4.69, 9.17) is 5.11 Å². The topological polar surface area (TPSA) is 92.7 Å². The highest BCUT2D eigenvalue weighted by Gasteiger charge is 2.16. The first kappa shape index (κ1) is 14.6. The van der Waals surface area contributed by atoms with Gasteiger partial charge in [-0.1, -0.05) is 0 Å². The Morgan fingerprint density at radius 1 is 1.37 bits per heavy atom. The average Bonchev–Trinajstić information content (AvgIpc) is 2.31. The molecule has 0 atom stereocenters. The quantitative estimate of drug-likeness (QED) is 0.623. The van der Waals surface area contributed by atoms with Crippen LogP contribution in [0.3, 0.4) is 0 Å². The number of nitrogens with one attached hydrogen (secondary N) is 1. The molecule has 0 saturated carbocycles. The lowest BCUT2D eigenvalue weighted by Gasteiger charge is -2.08. The van der Waals surface area contributed by atoms with E-state index in [1.165, 1.54) is 0 Å². The molecule has 0 saturated heterocycles. The number of amides is 1. The van der Waals surface area contributed by atoms with Gasteiger partial charge >= 0.3 is 11.9 Å². The molecule has 1 rings (SSSR count). The minimum atomic E-state index is -1.38. The fraction of sp³-hybridized carbons (Fsp3) is 0.250. The first-order chi connectivity index (χ1) is 8.93. The number of halogens is 1. The van der Waals surface area contributed by atoms with E-state index in [1.807, 2.05) is 0 Å². The maximum atomic E-state index is 12.9. The lowest BCUT2D eigenvalue weighted by atomic mass is 10.1. The van der Waals surface area contributed by atoms with Crippen LogP contribution in [0.2, 0.25) is 0 Å². The number of carboxylic acids is 1. The zero-order valence-corrected chi connectivity index (χ0v) is 10.1. The number of rotatable bonds is 5. The molecule has 6 nitrogen and oxygen atoms in total. The third-order valence-electron chi connectivity index (χ3n) is 2.10. The number of ether oxygens (including phenoxy) is 1. The third kappa shape index (κ3) is 4.38. The fourth-order valence-electron chi connectivity index (χ4n) is 1.34. The van der Waals surface area contributed by atoms with Crippen LogP contribution in [0.25, 0.3) is 0 Å². The Hall–Kier alpha value is -2.44. The highest BCUT2D eigenvalue weighted by Crippen LogP contribution is 2.17. The number of carboxylic acid groups (broad SMARTS) is 1. The molecule has 102 valence electrons. The van der Waals surface area contributed by atoms with Gasteiger partial charge in [-0.05, 0) is 25.1 Å². The Bertz CT molecular complexity index is 515. The van der Waals surface area contributed by atoms with Crippen LogP contribution >= 0.6 is 0 Å². The predicted octanol–water partition coefficient (Wildman–Crippen LogP) is 1.42. The minimum absolute atomic E-state index is 0.0804. The summed E-state index contributed by atoms with van der Waals surface area (Å²) in [6.07, 6.45) is -0.537. The van der Waals surface area contributed by atoms with Crippen LogP contribution in [0, 0.1) is 5.82 Å². The van der Waals surface area contributed by atoms with Crippen molar-refractivity contribution in [2.75, 3.05) is 11.9 Å². The van der Waals surface area contributed by atoms with Crippen molar-refractivity contribution < 1.29 is 28.6 Å². The lowest BCUT2D eigenvalue weighted by molar-refractivity contribution is -0.145. The summed E-state index contributed by atoms with van der Waals surface area (Å²) in [6.45, 7) is 1.74. The van der Waals surface area contributed by atoms with Gasteiger partial charge in [-0.2, -0.15) is 0 Å². The average molecular weight is 269 g/mol. The molecule has 0 heterocycles. The highest BCUT2D eigenvalue weighted by molar-refractivity contribution is 6.05. The first-order valence-corrected chi connectivity index (χ1v) is 5.42. The van der Waals surface area contributed by atoms with Crippen molar-refractivity contribution in [3.63, 3.8) is 0 Å². The predicted molar refractivity (Wildman–Crippen MR) is 63.2 cm³/mol. The molecule has 1 aromatic carbocycles. The Labute approximate surface area is 108 Å². The largest absolute Gasteiger partial charge is 0.478 e. The van der Waals surface area contributed by atoms with Gasteiger partial charge in [0.05, 0.1) is 17.9 Å². The van der Waals surface area contributed by atoms with Gasteiger partial charge in [0.25, 0.3) is 0 Å².